The van der Waals surface area contributed by atoms with E-state index in [1.165, 1.54) is 5.30 Å². The van der Waals surface area contributed by atoms with E-state index in [0.29, 0.717) is 0 Å². The standard InChI is InChI=1S/C10H17OP/c1-4-11-12(2,3)10-8-6-5-7-9-10/h5-9,12H,4H2,1-3H3. The first-order valence-corrected chi connectivity index (χ1v) is 7.27. The van der Waals surface area contributed by atoms with Gasteiger partial charge in [0, 0.05) is 0 Å². The van der Waals surface area contributed by atoms with Crippen LogP contribution in [0.25, 0.3) is 0 Å². The van der Waals surface area contributed by atoms with E-state index in [-0.39, 0.29) is 0 Å². The number of hydrogen-bond donors (Lipinski definition) is 0. The van der Waals surface area contributed by atoms with Crippen LogP contribution in [0.15, 0.2) is 30.3 Å². The van der Waals surface area contributed by atoms with Crippen molar-refractivity contribution in [2.75, 3.05) is 19.9 Å². The topological polar surface area (TPSA) is 9.23 Å². The third-order valence-corrected chi connectivity index (χ3v) is 4.71. The molecule has 0 N–H and O–H groups in total. The number of hydrogen-bond acceptors (Lipinski definition) is 1. The summed E-state index contributed by atoms with van der Waals surface area (Å²) in [5.41, 5.74) is 0. The summed E-state index contributed by atoms with van der Waals surface area (Å²) in [6.45, 7) is 7.32. The van der Waals surface area contributed by atoms with Gasteiger partial charge in [0.05, 0.1) is 0 Å². The third-order valence-electron chi connectivity index (χ3n) is 1.97. The van der Waals surface area contributed by atoms with Gasteiger partial charge in [0.15, 0.2) is 0 Å². The SMILES string of the molecule is CCO[PH](C)(C)c1ccccc1. The summed E-state index contributed by atoms with van der Waals surface area (Å²) in [6.07, 6.45) is 0. The van der Waals surface area contributed by atoms with Gasteiger partial charge in [-0.2, -0.15) is 0 Å². The van der Waals surface area contributed by atoms with Crippen LogP contribution in [0, 0.1) is 0 Å². The molecule has 1 rings (SSSR count). The molecule has 0 unspecified atom stereocenters. The fraction of sp³-hybridized carbons (Fsp3) is 0.400. The zero-order chi connectivity index (χ0) is 9.03. The van der Waals surface area contributed by atoms with Crippen molar-refractivity contribution in [3.8, 4) is 0 Å². The average Bonchev–Trinajstić information content (AvgIpc) is 2.06. The molecule has 0 amide bonds. The number of benzene rings is 1. The van der Waals surface area contributed by atoms with E-state index < -0.39 is 7.49 Å². The molecular formula is C10H17OP. The van der Waals surface area contributed by atoms with Crippen LogP contribution in [-0.4, -0.2) is 19.9 Å². The summed E-state index contributed by atoms with van der Waals surface area (Å²) in [7, 11) is -1.58. The molecule has 0 spiro atoms. The molecule has 0 aliphatic rings. The van der Waals surface area contributed by atoms with Gasteiger partial charge < -0.3 is 0 Å². The Morgan fingerprint density at radius 2 is 1.75 bits per heavy atom. The molecule has 0 saturated heterocycles. The third kappa shape index (κ3) is 2.30. The van der Waals surface area contributed by atoms with Crippen LogP contribution >= 0.6 is 7.49 Å². The molecule has 2 heteroatoms. The van der Waals surface area contributed by atoms with Crippen molar-refractivity contribution in [1.29, 1.82) is 0 Å². The maximum atomic E-state index is 5.75. The van der Waals surface area contributed by atoms with Gasteiger partial charge in [-0.1, -0.05) is 0 Å². The predicted octanol–water partition coefficient (Wildman–Crippen LogP) is 2.27. The van der Waals surface area contributed by atoms with Gasteiger partial charge in [0.1, 0.15) is 0 Å². The van der Waals surface area contributed by atoms with Crippen molar-refractivity contribution >= 4 is 12.8 Å². The summed E-state index contributed by atoms with van der Waals surface area (Å²) >= 11 is 0. The Kier molecular flexibility index (Phi) is 3.25. The van der Waals surface area contributed by atoms with E-state index in [2.05, 4.69) is 44.5 Å². The van der Waals surface area contributed by atoms with E-state index in [1.54, 1.807) is 0 Å². The van der Waals surface area contributed by atoms with Crippen LogP contribution in [0.4, 0.5) is 0 Å². The molecular weight excluding hydrogens is 167 g/mol. The minimum atomic E-state index is -1.58. The van der Waals surface area contributed by atoms with Crippen molar-refractivity contribution in [3.05, 3.63) is 30.3 Å². The van der Waals surface area contributed by atoms with E-state index in [4.69, 9.17) is 4.52 Å². The molecule has 0 fully saturated rings. The summed E-state index contributed by atoms with van der Waals surface area (Å²) in [4.78, 5) is 0. The first-order valence-electron chi connectivity index (χ1n) is 4.36. The Balaban J connectivity index is 2.82. The second kappa shape index (κ2) is 4.02. The second-order valence-electron chi connectivity index (χ2n) is 3.31. The van der Waals surface area contributed by atoms with Crippen LogP contribution in [0.2, 0.25) is 0 Å². The van der Waals surface area contributed by atoms with Crippen molar-refractivity contribution < 1.29 is 4.52 Å². The molecule has 1 aromatic carbocycles. The maximum absolute atomic E-state index is 5.75. The van der Waals surface area contributed by atoms with E-state index in [1.807, 2.05) is 6.07 Å². The summed E-state index contributed by atoms with van der Waals surface area (Å²) < 4.78 is 5.75. The Bertz CT molecular complexity index is 231. The monoisotopic (exact) mass is 184 g/mol. The molecule has 0 aliphatic carbocycles. The van der Waals surface area contributed by atoms with Crippen LogP contribution in [0.3, 0.4) is 0 Å². The molecule has 0 aliphatic heterocycles. The van der Waals surface area contributed by atoms with Gasteiger partial charge in [0.2, 0.25) is 0 Å². The van der Waals surface area contributed by atoms with E-state index in [0.717, 1.165) is 6.61 Å². The average molecular weight is 184 g/mol. The van der Waals surface area contributed by atoms with E-state index >= 15 is 0 Å². The van der Waals surface area contributed by atoms with Crippen molar-refractivity contribution in [2.24, 2.45) is 0 Å². The van der Waals surface area contributed by atoms with Gasteiger partial charge in [-0.05, 0) is 0 Å². The minimum absolute atomic E-state index is 0.814. The molecule has 1 aromatic rings. The molecule has 0 bridgehead atoms. The Morgan fingerprint density at radius 1 is 1.17 bits per heavy atom. The zero-order valence-electron chi connectivity index (χ0n) is 8.00. The molecule has 12 heavy (non-hydrogen) atoms. The Hall–Kier alpha value is -0.390. The zero-order valence-corrected chi connectivity index (χ0v) is 9.00. The first-order chi connectivity index (χ1) is 5.67. The number of rotatable bonds is 3. The molecule has 0 atom stereocenters. The first kappa shape index (κ1) is 9.70. The van der Waals surface area contributed by atoms with Crippen LogP contribution < -0.4 is 5.30 Å². The predicted molar refractivity (Wildman–Crippen MR) is 57.9 cm³/mol. The summed E-state index contributed by atoms with van der Waals surface area (Å²) in [5, 5.41) is 1.37. The fourth-order valence-corrected chi connectivity index (χ4v) is 3.17. The molecule has 1 nitrogen and oxygen atoms in total. The van der Waals surface area contributed by atoms with Crippen molar-refractivity contribution in [1.82, 2.24) is 0 Å². The normalized spacial score (nSPS) is 12.9. The van der Waals surface area contributed by atoms with Gasteiger partial charge in [-0.15, -0.1) is 0 Å². The van der Waals surface area contributed by atoms with Crippen molar-refractivity contribution in [3.63, 3.8) is 0 Å². The Labute approximate surface area is 75.2 Å². The van der Waals surface area contributed by atoms with Gasteiger partial charge in [0.25, 0.3) is 0 Å². The molecule has 0 saturated carbocycles. The van der Waals surface area contributed by atoms with Crippen LogP contribution in [-0.2, 0) is 4.52 Å². The Morgan fingerprint density at radius 3 is 2.25 bits per heavy atom. The van der Waals surface area contributed by atoms with Crippen molar-refractivity contribution in [2.45, 2.75) is 6.92 Å². The molecule has 68 valence electrons. The van der Waals surface area contributed by atoms with Gasteiger partial charge >= 0.3 is 74.5 Å². The van der Waals surface area contributed by atoms with Crippen LogP contribution in [0.1, 0.15) is 6.92 Å². The second-order valence-corrected chi connectivity index (χ2v) is 7.20. The van der Waals surface area contributed by atoms with Gasteiger partial charge in [-0.3, -0.25) is 0 Å². The van der Waals surface area contributed by atoms with Crippen LogP contribution in [0.5, 0.6) is 0 Å². The van der Waals surface area contributed by atoms with E-state index in [9.17, 15) is 0 Å². The molecule has 0 aromatic heterocycles. The molecule has 0 radical (unpaired) electrons. The summed E-state index contributed by atoms with van der Waals surface area (Å²) in [5.74, 6) is 0. The quantitative estimate of drug-likeness (QED) is 0.655. The summed E-state index contributed by atoms with van der Waals surface area (Å²) in [6, 6.07) is 10.5. The van der Waals surface area contributed by atoms with Gasteiger partial charge in [-0.25, -0.2) is 0 Å². The fourth-order valence-electron chi connectivity index (χ4n) is 1.28. The molecule has 0 heterocycles.